The lowest BCUT2D eigenvalue weighted by molar-refractivity contribution is 0.318. The van der Waals surface area contributed by atoms with Gasteiger partial charge in [0.25, 0.3) is 0 Å². The van der Waals surface area contributed by atoms with E-state index in [0.717, 1.165) is 54.9 Å². The third kappa shape index (κ3) is 2.66. The van der Waals surface area contributed by atoms with Crippen LogP contribution in [-0.2, 0) is 12.8 Å². The first-order valence-corrected chi connectivity index (χ1v) is 7.60. The Balaban J connectivity index is 2.66. The molecule has 0 spiro atoms. The van der Waals surface area contributed by atoms with Crippen LogP contribution in [0.3, 0.4) is 0 Å². The van der Waals surface area contributed by atoms with Crippen molar-refractivity contribution in [3.8, 4) is 0 Å². The van der Waals surface area contributed by atoms with Crippen molar-refractivity contribution in [2.75, 3.05) is 11.4 Å². The molecule has 2 rings (SSSR count). The van der Waals surface area contributed by atoms with Gasteiger partial charge in [-0.1, -0.05) is 19.0 Å². The van der Waals surface area contributed by atoms with Crippen molar-refractivity contribution in [1.82, 2.24) is 10.2 Å². The van der Waals surface area contributed by atoms with Gasteiger partial charge in [-0.25, -0.2) is 0 Å². The largest absolute Gasteiger partial charge is 0.409 e. The summed E-state index contributed by atoms with van der Waals surface area (Å²) < 4.78 is 0. The van der Waals surface area contributed by atoms with Crippen LogP contribution in [0.15, 0.2) is 5.16 Å². The monoisotopic (exact) mass is 291 g/mol. The van der Waals surface area contributed by atoms with Gasteiger partial charge in [0.2, 0.25) is 0 Å². The summed E-state index contributed by atoms with van der Waals surface area (Å²) in [6.07, 6.45) is 3.78. The molecule has 116 valence electrons. The van der Waals surface area contributed by atoms with E-state index in [4.69, 9.17) is 10.9 Å². The van der Waals surface area contributed by atoms with E-state index in [0.29, 0.717) is 0 Å². The molecule has 0 aliphatic carbocycles. The van der Waals surface area contributed by atoms with Crippen molar-refractivity contribution in [2.45, 2.75) is 58.9 Å². The fraction of sp³-hybridized carbons (Fsp3) is 0.667. The lowest BCUT2D eigenvalue weighted by Gasteiger charge is -2.34. The molecule has 1 aromatic rings. The van der Waals surface area contributed by atoms with E-state index < -0.39 is 0 Å². The molecule has 1 aromatic heterocycles. The van der Waals surface area contributed by atoms with Gasteiger partial charge in [0.15, 0.2) is 11.7 Å². The molecule has 0 unspecified atom stereocenters. The Morgan fingerprint density at radius 3 is 2.52 bits per heavy atom. The number of nitrogens with zero attached hydrogens (tertiary/aromatic N) is 4. The number of aromatic nitrogens is 2. The highest BCUT2D eigenvalue weighted by Crippen LogP contribution is 2.35. The second-order valence-electron chi connectivity index (χ2n) is 6.08. The SMILES string of the molecule is CCc1nnc(N2CCCC2(C)C)c(C(N)=NO)c1CC. The molecule has 6 nitrogen and oxygen atoms in total. The third-order valence-electron chi connectivity index (χ3n) is 4.35. The van der Waals surface area contributed by atoms with Gasteiger partial charge < -0.3 is 15.8 Å². The number of amidine groups is 1. The van der Waals surface area contributed by atoms with Gasteiger partial charge in [-0.15, -0.1) is 5.10 Å². The summed E-state index contributed by atoms with van der Waals surface area (Å²) in [5.74, 6) is 0.857. The fourth-order valence-electron chi connectivity index (χ4n) is 3.17. The molecule has 0 saturated carbocycles. The Morgan fingerprint density at radius 1 is 1.33 bits per heavy atom. The third-order valence-corrected chi connectivity index (χ3v) is 4.35. The van der Waals surface area contributed by atoms with E-state index in [2.05, 4.69) is 41.0 Å². The second kappa shape index (κ2) is 5.87. The highest BCUT2D eigenvalue weighted by molar-refractivity contribution is 6.03. The summed E-state index contributed by atoms with van der Waals surface area (Å²) in [5, 5.41) is 21.2. The zero-order valence-electron chi connectivity index (χ0n) is 13.3. The zero-order valence-corrected chi connectivity index (χ0v) is 13.3. The van der Waals surface area contributed by atoms with Crippen LogP contribution in [0.2, 0.25) is 0 Å². The van der Waals surface area contributed by atoms with Crippen molar-refractivity contribution in [1.29, 1.82) is 0 Å². The molecular weight excluding hydrogens is 266 g/mol. The highest BCUT2D eigenvalue weighted by Gasteiger charge is 2.36. The van der Waals surface area contributed by atoms with Crippen molar-refractivity contribution < 1.29 is 5.21 Å². The van der Waals surface area contributed by atoms with Crippen LogP contribution in [0.5, 0.6) is 0 Å². The van der Waals surface area contributed by atoms with E-state index >= 15 is 0 Å². The van der Waals surface area contributed by atoms with Crippen LogP contribution in [0.1, 0.15) is 57.4 Å². The Hall–Kier alpha value is -1.85. The Labute approximate surface area is 126 Å². The van der Waals surface area contributed by atoms with E-state index in [1.54, 1.807) is 0 Å². The smallest absolute Gasteiger partial charge is 0.174 e. The van der Waals surface area contributed by atoms with Crippen LogP contribution < -0.4 is 10.6 Å². The first-order chi connectivity index (χ1) is 9.96. The molecule has 6 heteroatoms. The minimum absolute atomic E-state index is 0.0118. The van der Waals surface area contributed by atoms with Gasteiger partial charge in [-0.2, -0.15) is 5.10 Å². The maximum absolute atomic E-state index is 9.17. The van der Waals surface area contributed by atoms with Crippen molar-refractivity contribution in [2.24, 2.45) is 10.9 Å². The summed E-state index contributed by atoms with van der Waals surface area (Å²) >= 11 is 0. The molecule has 0 aromatic carbocycles. The van der Waals surface area contributed by atoms with Crippen molar-refractivity contribution in [3.63, 3.8) is 0 Å². The molecule has 1 aliphatic heterocycles. The number of anilines is 1. The molecule has 1 aliphatic rings. The van der Waals surface area contributed by atoms with Crippen LogP contribution in [0.25, 0.3) is 0 Å². The van der Waals surface area contributed by atoms with Crippen LogP contribution >= 0.6 is 0 Å². The van der Waals surface area contributed by atoms with E-state index in [9.17, 15) is 0 Å². The second-order valence-corrected chi connectivity index (χ2v) is 6.08. The predicted molar refractivity (Wildman–Crippen MR) is 84.0 cm³/mol. The summed E-state index contributed by atoms with van der Waals surface area (Å²) in [7, 11) is 0. The van der Waals surface area contributed by atoms with Gasteiger partial charge in [-0.05, 0) is 45.1 Å². The minimum Gasteiger partial charge on any atom is -0.409 e. The summed E-state index contributed by atoms with van der Waals surface area (Å²) in [6, 6.07) is 0. The molecule has 0 atom stereocenters. The predicted octanol–water partition coefficient (Wildman–Crippen LogP) is 2.07. The number of rotatable bonds is 4. The average Bonchev–Trinajstić information content (AvgIpc) is 2.83. The van der Waals surface area contributed by atoms with Crippen LogP contribution in [0.4, 0.5) is 5.82 Å². The van der Waals surface area contributed by atoms with Crippen LogP contribution in [-0.4, -0.2) is 33.3 Å². The van der Waals surface area contributed by atoms with E-state index in [-0.39, 0.29) is 11.4 Å². The number of nitrogens with two attached hydrogens (primary N) is 1. The molecule has 21 heavy (non-hydrogen) atoms. The molecule has 0 radical (unpaired) electrons. The number of hydrogen-bond donors (Lipinski definition) is 2. The summed E-state index contributed by atoms with van der Waals surface area (Å²) in [4.78, 5) is 2.23. The first kappa shape index (κ1) is 15.5. The fourth-order valence-corrected chi connectivity index (χ4v) is 3.17. The lowest BCUT2D eigenvalue weighted by Crippen LogP contribution is -2.40. The zero-order chi connectivity index (χ0) is 15.6. The van der Waals surface area contributed by atoms with Crippen molar-refractivity contribution in [3.05, 3.63) is 16.8 Å². The Morgan fingerprint density at radius 2 is 2.05 bits per heavy atom. The molecule has 1 fully saturated rings. The minimum atomic E-state index is 0.0118. The van der Waals surface area contributed by atoms with E-state index in [1.165, 1.54) is 0 Å². The summed E-state index contributed by atoms with van der Waals surface area (Å²) in [5.41, 5.74) is 8.65. The Kier molecular flexibility index (Phi) is 4.34. The number of oxime groups is 1. The lowest BCUT2D eigenvalue weighted by atomic mass is 9.98. The molecule has 0 bridgehead atoms. The molecule has 2 heterocycles. The number of hydrogen-bond acceptors (Lipinski definition) is 5. The first-order valence-electron chi connectivity index (χ1n) is 7.60. The standard InChI is InChI=1S/C15H25N5O/c1-5-10-11(6-2)17-18-14(12(10)13(16)19-21)20-9-7-8-15(20,3)4/h21H,5-9H2,1-4H3,(H2,16,19). The topological polar surface area (TPSA) is 87.6 Å². The van der Waals surface area contributed by atoms with Crippen LogP contribution in [0, 0.1) is 0 Å². The quantitative estimate of drug-likeness (QED) is 0.384. The maximum Gasteiger partial charge on any atom is 0.174 e. The number of aryl methyl sites for hydroxylation is 1. The average molecular weight is 291 g/mol. The van der Waals surface area contributed by atoms with Gasteiger partial charge in [-0.3, -0.25) is 0 Å². The normalized spacial score (nSPS) is 18.3. The molecular formula is C15H25N5O. The molecule has 3 N–H and O–H groups in total. The van der Waals surface area contributed by atoms with Gasteiger partial charge in [0, 0.05) is 12.1 Å². The Bertz CT molecular complexity index is 553. The van der Waals surface area contributed by atoms with Gasteiger partial charge in [0.05, 0.1) is 11.3 Å². The van der Waals surface area contributed by atoms with Gasteiger partial charge >= 0.3 is 0 Å². The summed E-state index contributed by atoms with van der Waals surface area (Å²) in [6.45, 7) is 9.40. The molecule has 0 amide bonds. The maximum atomic E-state index is 9.17. The van der Waals surface area contributed by atoms with Crippen molar-refractivity contribution >= 4 is 11.7 Å². The molecule has 1 saturated heterocycles. The van der Waals surface area contributed by atoms with Gasteiger partial charge in [0.1, 0.15) is 0 Å². The highest BCUT2D eigenvalue weighted by atomic mass is 16.4. The van der Waals surface area contributed by atoms with E-state index in [1.807, 2.05) is 6.92 Å².